The zero-order valence-corrected chi connectivity index (χ0v) is 21.5. The maximum absolute atomic E-state index is 12.7. The van der Waals surface area contributed by atoms with Gasteiger partial charge in [-0.15, -0.1) is 0 Å². The summed E-state index contributed by atoms with van der Waals surface area (Å²) < 4.78 is 10.9. The second kappa shape index (κ2) is 10.5. The van der Waals surface area contributed by atoms with Gasteiger partial charge in [0.1, 0.15) is 5.75 Å². The molecule has 34 heavy (non-hydrogen) atoms. The van der Waals surface area contributed by atoms with E-state index in [1.54, 1.807) is 19.1 Å². The number of anilines is 2. The van der Waals surface area contributed by atoms with Gasteiger partial charge in [-0.2, -0.15) is 0 Å². The average Bonchev–Trinajstić information content (AvgIpc) is 2.77. The average molecular weight is 467 g/mol. The van der Waals surface area contributed by atoms with Crippen LogP contribution in [0, 0.1) is 0 Å². The van der Waals surface area contributed by atoms with Gasteiger partial charge in [0.15, 0.2) is 0 Å². The molecule has 0 saturated carbocycles. The number of ether oxygens (including phenoxy) is 2. The van der Waals surface area contributed by atoms with E-state index in [-0.39, 0.29) is 17.3 Å². The number of rotatable bonds is 7. The van der Waals surface area contributed by atoms with Crippen LogP contribution in [0.3, 0.4) is 0 Å². The topological polar surface area (TPSA) is 67.9 Å². The van der Waals surface area contributed by atoms with Gasteiger partial charge < -0.3 is 19.7 Å². The third-order valence-corrected chi connectivity index (χ3v) is 6.10. The first-order valence-electron chi connectivity index (χ1n) is 12.1. The molecule has 1 unspecified atom stereocenters. The summed E-state index contributed by atoms with van der Waals surface area (Å²) in [7, 11) is 1.90. The number of hydrogen-bond donors (Lipinski definition) is 1. The van der Waals surface area contributed by atoms with Gasteiger partial charge in [-0.1, -0.05) is 52.8 Å². The molecule has 0 spiro atoms. The highest BCUT2D eigenvalue weighted by atomic mass is 16.6. The molecule has 0 aromatic heterocycles. The molecular weight excluding hydrogens is 428 g/mol. The highest BCUT2D eigenvalue weighted by Crippen LogP contribution is 2.35. The molecule has 6 nitrogen and oxygen atoms in total. The molecule has 0 aliphatic carbocycles. The van der Waals surface area contributed by atoms with Gasteiger partial charge in [-0.05, 0) is 59.6 Å². The Morgan fingerprint density at radius 1 is 1.18 bits per heavy atom. The lowest BCUT2D eigenvalue weighted by molar-refractivity contribution is -0.151. The monoisotopic (exact) mass is 466 g/mol. The summed E-state index contributed by atoms with van der Waals surface area (Å²) in [6.07, 6.45) is 0.435. The predicted octanol–water partition coefficient (Wildman–Crippen LogP) is 5.44. The van der Waals surface area contributed by atoms with Crippen LogP contribution >= 0.6 is 0 Å². The van der Waals surface area contributed by atoms with Crippen LogP contribution in [0.2, 0.25) is 0 Å². The molecule has 1 aliphatic rings. The Morgan fingerprint density at radius 2 is 1.91 bits per heavy atom. The first-order chi connectivity index (χ1) is 16.0. The number of nitrogens with one attached hydrogen (secondary N) is 1. The molecule has 0 bridgehead atoms. The summed E-state index contributed by atoms with van der Waals surface area (Å²) in [5.74, 6) is 0.634. The third-order valence-electron chi connectivity index (χ3n) is 6.10. The van der Waals surface area contributed by atoms with Crippen LogP contribution in [0.4, 0.5) is 11.4 Å². The Morgan fingerprint density at radius 3 is 2.56 bits per heavy atom. The third kappa shape index (κ3) is 6.10. The molecule has 0 radical (unpaired) electrons. The molecule has 3 rings (SSSR count). The zero-order valence-electron chi connectivity index (χ0n) is 21.5. The number of benzene rings is 2. The summed E-state index contributed by atoms with van der Waals surface area (Å²) in [5, 5.41) is 3.00. The second-order valence-corrected chi connectivity index (χ2v) is 10.3. The number of likely N-dealkylation sites (N-methyl/N-ethyl adjacent to an activating group) is 1. The number of amides is 1. The van der Waals surface area contributed by atoms with E-state index in [0.29, 0.717) is 43.3 Å². The largest absolute Gasteiger partial charge is 0.475 e. The summed E-state index contributed by atoms with van der Waals surface area (Å²) in [4.78, 5) is 26.7. The molecule has 184 valence electrons. The van der Waals surface area contributed by atoms with Crippen molar-refractivity contribution >= 4 is 23.3 Å². The van der Waals surface area contributed by atoms with Crippen LogP contribution in [0.5, 0.6) is 5.75 Å². The fraction of sp³-hybridized carbons (Fsp3) is 0.500. The molecule has 1 amide bonds. The summed E-state index contributed by atoms with van der Waals surface area (Å²) in [5.41, 5.74) is 5.52. The lowest BCUT2D eigenvalue weighted by Crippen LogP contribution is -2.43. The van der Waals surface area contributed by atoms with Gasteiger partial charge >= 0.3 is 5.97 Å². The molecule has 0 fully saturated rings. The number of aryl methyl sites for hydroxylation is 1. The van der Waals surface area contributed by atoms with Gasteiger partial charge in [-0.25, -0.2) is 4.79 Å². The quantitative estimate of drug-likeness (QED) is 0.551. The standard InChI is InChI=1S/C28H38N2O4/c1-8-33-27(32)25-17-30(7)23-16-20(11-13-24(23)34-25)29-26(31)14-10-19-9-12-22(28(4,5)6)21(15-19)18(2)3/h9,11-13,15-16,18,25H,8,10,14,17H2,1-7H3,(H,29,31). The van der Waals surface area contributed by atoms with Crippen molar-refractivity contribution in [2.24, 2.45) is 0 Å². The fourth-order valence-electron chi connectivity index (χ4n) is 4.30. The smallest absolute Gasteiger partial charge is 0.349 e. The Labute approximate surface area is 203 Å². The molecule has 1 heterocycles. The van der Waals surface area contributed by atoms with E-state index in [2.05, 4.69) is 58.1 Å². The van der Waals surface area contributed by atoms with E-state index in [0.717, 1.165) is 5.69 Å². The highest BCUT2D eigenvalue weighted by molar-refractivity contribution is 5.92. The lowest BCUT2D eigenvalue weighted by atomic mass is 9.80. The van der Waals surface area contributed by atoms with Crippen molar-refractivity contribution in [1.82, 2.24) is 0 Å². The maximum atomic E-state index is 12.7. The normalized spacial score (nSPS) is 15.5. The number of esters is 1. The SMILES string of the molecule is CCOC(=O)C1CN(C)c2cc(NC(=O)CCc3ccc(C(C)(C)C)c(C(C)C)c3)ccc2O1. The molecule has 2 aromatic carbocycles. The van der Waals surface area contributed by atoms with Gasteiger partial charge in [0.25, 0.3) is 0 Å². The van der Waals surface area contributed by atoms with Crippen molar-refractivity contribution in [2.75, 3.05) is 30.4 Å². The van der Waals surface area contributed by atoms with E-state index in [4.69, 9.17) is 9.47 Å². The number of fused-ring (bicyclic) bond motifs is 1. The molecule has 1 N–H and O–H groups in total. The Hall–Kier alpha value is -3.02. The Balaban J connectivity index is 1.64. The Bertz CT molecular complexity index is 1040. The van der Waals surface area contributed by atoms with Crippen molar-refractivity contribution in [3.63, 3.8) is 0 Å². The van der Waals surface area contributed by atoms with Crippen molar-refractivity contribution < 1.29 is 19.1 Å². The fourth-order valence-corrected chi connectivity index (χ4v) is 4.30. The van der Waals surface area contributed by atoms with E-state index in [1.807, 2.05) is 18.0 Å². The molecular formula is C28H38N2O4. The maximum Gasteiger partial charge on any atom is 0.349 e. The van der Waals surface area contributed by atoms with Gasteiger partial charge in [0.05, 0.1) is 18.8 Å². The molecule has 0 saturated heterocycles. The molecule has 1 atom stereocenters. The minimum atomic E-state index is -0.654. The van der Waals surface area contributed by atoms with Crippen molar-refractivity contribution in [1.29, 1.82) is 0 Å². The molecule has 6 heteroatoms. The molecule has 2 aromatic rings. The van der Waals surface area contributed by atoms with Crippen LogP contribution in [0.25, 0.3) is 0 Å². The first-order valence-corrected chi connectivity index (χ1v) is 12.1. The minimum Gasteiger partial charge on any atom is -0.475 e. The van der Waals surface area contributed by atoms with E-state index < -0.39 is 6.10 Å². The summed E-state index contributed by atoms with van der Waals surface area (Å²) in [6, 6.07) is 12.1. The van der Waals surface area contributed by atoms with E-state index in [9.17, 15) is 9.59 Å². The van der Waals surface area contributed by atoms with Gasteiger partial charge in [0, 0.05) is 19.2 Å². The van der Waals surface area contributed by atoms with Crippen LogP contribution < -0.4 is 15.0 Å². The van der Waals surface area contributed by atoms with E-state index in [1.165, 1.54) is 16.7 Å². The second-order valence-electron chi connectivity index (χ2n) is 10.3. The molecule has 1 aliphatic heterocycles. The van der Waals surface area contributed by atoms with Crippen molar-refractivity contribution in [3.05, 3.63) is 53.1 Å². The number of nitrogens with zero attached hydrogens (tertiary/aromatic N) is 1. The van der Waals surface area contributed by atoms with Gasteiger partial charge in [0.2, 0.25) is 12.0 Å². The van der Waals surface area contributed by atoms with Crippen molar-refractivity contribution in [2.45, 2.75) is 71.8 Å². The number of carbonyl (C=O) groups is 2. The lowest BCUT2D eigenvalue weighted by Gasteiger charge is -2.32. The zero-order chi connectivity index (χ0) is 25.0. The number of carbonyl (C=O) groups excluding carboxylic acids is 2. The van der Waals surface area contributed by atoms with Crippen LogP contribution in [0.1, 0.15) is 70.6 Å². The predicted molar refractivity (Wildman–Crippen MR) is 137 cm³/mol. The summed E-state index contributed by atoms with van der Waals surface area (Å²) >= 11 is 0. The van der Waals surface area contributed by atoms with Crippen LogP contribution in [-0.4, -0.2) is 38.2 Å². The van der Waals surface area contributed by atoms with Crippen LogP contribution in [0.15, 0.2) is 36.4 Å². The first kappa shape index (κ1) is 25.6. The number of hydrogen-bond acceptors (Lipinski definition) is 5. The van der Waals surface area contributed by atoms with Crippen LogP contribution in [-0.2, 0) is 26.2 Å². The minimum absolute atomic E-state index is 0.0327. The van der Waals surface area contributed by atoms with Gasteiger partial charge in [-0.3, -0.25) is 4.79 Å². The summed E-state index contributed by atoms with van der Waals surface area (Å²) in [6.45, 7) is 13.6. The van der Waals surface area contributed by atoms with E-state index >= 15 is 0 Å². The highest BCUT2D eigenvalue weighted by Gasteiger charge is 2.30. The van der Waals surface area contributed by atoms with Crippen molar-refractivity contribution in [3.8, 4) is 5.75 Å². The Kier molecular flexibility index (Phi) is 7.90.